The second-order valence-electron chi connectivity index (χ2n) is 5.87. The molecular formula is C16H20ClN5OS. The second-order valence-corrected chi connectivity index (χ2v) is 7.55. The van der Waals surface area contributed by atoms with Gasteiger partial charge in [-0.25, -0.2) is 19.7 Å². The molecule has 0 unspecified atom stereocenters. The number of halogens is 1. The normalized spacial score (nSPS) is 17.8. The summed E-state index contributed by atoms with van der Waals surface area (Å²) in [6.45, 7) is 3.94. The van der Waals surface area contributed by atoms with Crippen molar-refractivity contribution >= 4 is 29.0 Å². The Balaban J connectivity index is 1.49. The van der Waals surface area contributed by atoms with Crippen molar-refractivity contribution in [2.75, 3.05) is 19.6 Å². The fourth-order valence-corrected chi connectivity index (χ4v) is 3.97. The topological polar surface area (TPSA) is 71.0 Å². The molecule has 1 aliphatic heterocycles. The third kappa shape index (κ3) is 4.21. The molecule has 0 bridgehead atoms. The van der Waals surface area contributed by atoms with E-state index in [9.17, 15) is 4.79 Å². The standard InChI is InChI=1S/C16H20ClN5OS/c1-11-15(17)24-14(21-11)5-7-19-16(23)22-8-2-3-12(9-22)13-4-6-18-10-20-13/h4,6,10,12H,2-3,5,7-9H2,1H3,(H,19,23)/t12-/m0/s1. The molecule has 2 aromatic heterocycles. The van der Waals surface area contributed by atoms with Crippen molar-refractivity contribution in [1.82, 2.24) is 25.2 Å². The average Bonchev–Trinajstić information content (AvgIpc) is 2.93. The van der Waals surface area contributed by atoms with Crippen LogP contribution >= 0.6 is 22.9 Å². The molecule has 3 heterocycles. The molecule has 0 aromatic carbocycles. The van der Waals surface area contributed by atoms with Gasteiger partial charge in [0.2, 0.25) is 0 Å². The number of thiazole rings is 1. The van der Waals surface area contributed by atoms with E-state index in [0.717, 1.165) is 40.1 Å². The highest BCUT2D eigenvalue weighted by molar-refractivity contribution is 7.16. The van der Waals surface area contributed by atoms with Gasteiger partial charge in [0.1, 0.15) is 10.7 Å². The Kier molecular flexibility index (Phi) is 5.63. The molecule has 8 heteroatoms. The number of carbonyl (C=O) groups excluding carboxylic acids is 1. The Morgan fingerprint density at radius 2 is 2.42 bits per heavy atom. The summed E-state index contributed by atoms with van der Waals surface area (Å²) in [4.78, 5) is 26.9. The number of nitrogens with zero attached hydrogens (tertiary/aromatic N) is 4. The number of carbonyl (C=O) groups is 1. The molecule has 0 spiro atoms. The molecule has 0 radical (unpaired) electrons. The van der Waals surface area contributed by atoms with Gasteiger partial charge >= 0.3 is 6.03 Å². The minimum atomic E-state index is -0.0202. The van der Waals surface area contributed by atoms with Gasteiger partial charge in [-0.2, -0.15) is 0 Å². The van der Waals surface area contributed by atoms with Crippen LogP contribution < -0.4 is 5.32 Å². The number of amides is 2. The summed E-state index contributed by atoms with van der Waals surface area (Å²) < 4.78 is 0.722. The van der Waals surface area contributed by atoms with Gasteiger partial charge in [-0.3, -0.25) is 0 Å². The Morgan fingerprint density at radius 1 is 1.54 bits per heavy atom. The first kappa shape index (κ1) is 17.1. The SMILES string of the molecule is Cc1nc(CCNC(=O)N2CCC[C@H](c3ccncn3)C2)sc1Cl. The lowest BCUT2D eigenvalue weighted by atomic mass is 9.95. The largest absolute Gasteiger partial charge is 0.338 e. The quantitative estimate of drug-likeness (QED) is 0.904. The van der Waals surface area contributed by atoms with Crippen LogP contribution in [0.5, 0.6) is 0 Å². The zero-order valence-electron chi connectivity index (χ0n) is 13.5. The fraction of sp³-hybridized carbons (Fsp3) is 0.500. The van der Waals surface area contributed by atoms with Crippen LogP contribution in [0, 0.1) is 6.92 Å². The lowest BCUT2D eigenvalue weighted by Crippen LogP contribution is -2.45. The molecule has 6 nitrogen and oxygen atoms in total. The first-order valence-corrected chi connectivity index (χ1v) is 9.23. The van der Waals surface area contributed by atoms with Crippen LogP contribution in [-0.2, 0) is 6.42 Å². The summed E-state index contributed by atoms with van der Waals surface area (Å²) in [5.74, 6) is 0.285. The number of rotatable bonds is 4. The van der Waals surface area contributed by atoms with E-state index in [2.05, 4.69) is 20.3 Å². The van der Waals surface area contributed by atoms with Crippen molar-refractivity contribution in [2.24, 2.45) is 0 Å². The number of aromatic nitrogens is 3. The van der Waals surface area contributed by atoms with E-state index in [1.165, 1.54) is 11.3 Å². The number of aryl methyl sites for hydroxylation is 1. The van der Waals surface area contributed by atoms with Gasteiger partial charge in [0.05, 0.1) is 10.7 Å². The van der Waals surface area contributed by atoms with E-state index in [1.807, 2.05) is 17.9 Å². The zero-order valence-corrected chi connectivity index (χ0v) is 15.1. The maximum absolute atomic E-state index is 12.4. The number of likely N-dealkylation sites (tertiary alicyclic amines) is 1. The summed E-state index contributed by atoms with van der Waals surface area (Å²) in [5.41, 5.74) is 1.86. The van der Waals surface area contributed by atoms with Gasteiger partial charge in [0.25, 0.3) is 0 Å². The van der Waals surface area contributed by atoms with Crippen molar-refractivity contribution in [1.29, 1.82) is 0 Å². The number of urea groups is 1. The molecule has 1 aliphatic rings. The van der Waals surface area contributed by atoms with Crippen molar-refractivity contribution < 1.29 is 4.79 Å². The van der Waals surface area contributed by atoms with Crippen LogP contribution in [0.1, 0.15) is 35.2 Å². The van der Waals surface area contributed by atoms with Gasteiger partial charge in [-0.05, 0) is 25.8 Å². The maximum atomic E-state index is 12.4. The van der Waals surface area contributed by atoms with E-state index in [-0.39, 0.29) is 11.9 Å². The third-order valence-corrected chi connectivity index (χ3v) is 5.64. The van der Waals surface area contributed by atoms with Crippen molar-refractivity contribution in [3.05, 3.63) is 39.3 Å². The highest BCUT2D eigenvalue weighted by Gasteiger charge is 2.25. The number of nitrogens with one attached hydrogen (secondary N) is 1. The van der Waals surface area contributed by atoms with Crippen LogP contribution in [0.15, 0.2) is 18.6 Å². The van der Waals surface area contributed by atoms with Gasteiger partial charge < -0.3 is 10.2 Å². The van der Waals surface area contributed by atoms with Crippen LogP contribution in [0.3, 0.4) is 0 Å². The predicted molar refractivity (Wildman–Crippen MR) is 94.5 cm³/mol. The molecule has 128 valence electrons. The van der Waals surface area contributed by atoms with Crippen molar-refractivity contribution in [2.45, 2.75) is 32.1 Å². The van der Waals surface area contributed by atoms with Gasteiger partial charge in [0.15, 0.2) is 0 Å². The molecule has 1 fully saturated rings. The molecule has 24 heavy (non-hydrogen) atoms. The Morgan fingerprint density at radius 3 is 3.12 bits per heavy atom. The lowest BCUT2D eigenvalue weighted by molar-refractivity contribution is 0.179. The van der Waals surface area contributed by atoms with E-state index in [0.29, 0.717) is 19.5 Å². The van der Waals surface area contributed by atoms with E-state index in [1.54, 1.807) is 12.5 Å². The molecule has 2 aromatic rings. The first-order valence-electron chi connectivity index (χ1n) is 8.04. The number of piperidine rings is 1. The lowest BCUT2D eigenvalue weighted by Gasteiger charge is -2.32. The summed E-state index contributed by atoms with van der Waals surface area (Å²) in [5, 5.41) is 3.93. The number of hydrogen-bond donors (Lipinski definition) is 1. The number of hydrogen-bond acceptors (Lipinski definition) is 5. The second kappa shape index (κ2) is 7.90. The van der Waals surface area contributed by atoms with E-state index < -0.39 is 0 Å². The van der Waals surface area contributed by atoms with E-state index in [4.69, 9.17) is 11.6 Å². The molecular weight excluding hydrogens is 346 g/mol. The smallest absolute Gasteiger partial charge is 0.317 e. The highest BCUT2D eigenvalue weighted by Crippen LogP contribution is 2.25. The van der Waals surface area contributed by atoms with Crippen LogP contribution in [0.25, 0.3) is 0 Å². The van der Waals surface area contributed by atoms with Crippen LogP contribution in [0.4, 0.5) is 4.79 Å². The molecule has 0 aliphatic carbocycles. The minimum absolute atomic E-state index is 0.0202. The van der Waals surface area contributed by atoms with Gasteiger partial charge in [0, 0.05) is 43.9 Å². The molecule has 1 atom stereocenters. The fourth-order valence-electron chi connectivity index (χ4n) is 2.87. The third-order valence-electron chi connectivity index (χ3n) is 4.13. The zero-order chi connectivity index (χ0) is 16.9. The van der Waals surface area contributed by atoms with Crippen LogP contribution in [0.2, 0.25) is 4.34 Å². The molecule has 0 saturated carbocycles. The first-order chi connectivity index (χ1) is 11.6. The van der Waals surface area contributed by atoms with Gasteiger partial charge in [-0.15, -0.1) is 11.3 Å². The monoisotopic (exact) mass is 365 g/mol. The van der Waals surface area contributed by atoms with Gasteiger partial charge in [-0.1, -0.05) is 11.6 Å². The Hall–Kier alpha value is -1.73. The Bertz CT molecular complexity index is 674. The Labute approximate surface area is 150 Å². The van der Waals surface area contributed by atoms with E-state index >= 15 is 0 Å². The highest BCUT2D eigenvalue weighted by atomic mass is 35.5. The predicted octanol–water partition coefficient (Wildman–Crippen LogP) is 3.03. The molecule has 1 N–H and O–H groups in total. The molecule has 3 rings (SSSR count). The summed E-state index contributed by atoms with van der Waals surface area (Å²) >= 11 is 7.49. The molecule has 2 amide bonds. The van der Waals surface area contributed by atoms with Crippen molar-refractivity contribution in [3.63, 3.8) is 0 Å². The van der Waals surface area contributed by atoms with Crippen LogP contribution in [-0.4, -0.2) is 45.5 Å². The summed E-state index contributed by atoms with van der Waals surface area (Å²) in [6, 6.07) is 1.91. The average molecular weight is 366 g/mol. The van der Waals surface area contributed by atoms with Crippen molar-refractivity contribution in [3.8, 4) is 0 Å². The summed E-state index contributed by atoms with van der Waals surface area (Å²) in [7, 11) is 0. The maximum Gasteiger partial charge on any atom is 0.317 e. The minimum Gasteiger partial charge on any atom is -0.338 e. The molecule has 1 saturated heterocycles. The summed E-state index contributed by atoms with van der Waals surface area (Å²) in [6.07, 6.45) is 6.06.